The van der Waals surface area contributed by atoms with Gasteiger partial charge in [0, 0.05) is 19.2 Å². The number of carbonyl (C=O) groups excluding carboxylic acids is 1. The summed E-state index contributed by atoms with van der Waals surface area (Å²) < 4.78 is 21.6. The maximum Gasteiger partial charge on any atom is 0.260 e. The highest BCUT2D eigenvalue weighted by Gasteiger charge is 2.18. The fourth-order valence-electron chi connectivity index (χ4n) is 2.40. The van der Waals surface area contributed by atoms with Gasteiger partial charge in [-0.3, -0.25) is 4.79 Å². The zero-order valence-electron chi connectivity index (χ0n) is 14.9. The third kappa shape index (κ3) is 4.56. The van der Waals surface area contributed by atoms with Crippen LogP contribution in [0.1, 0.15) is 5.56 Å². The average Bonchev–Trinajstić information content (AvgIpc) is 2.66. The van der Waals surface area contributed by atoms with Crippen molar-refractivity contribution in [3.8, 4) is 23.0 Å². The number of hydrogen-bond acceptors (Lipinski definition) is 5. The minimum atomic E-state index is -0.138. The Morgan fingerprint density at radius 1 is 0.920 bits per heavy atom. The van der Waals surface area contributed by atoms with Crippen molar-refractivity contribution in [1.29, 1.82) is 0 Å². The van der Waals surface area contributed by atoms with Crippen LogP contribution >= 0.6 is 0 Å². The van der Waals surface area contributed by atoms with Crippen molar-refractivity contribution in [3.63, 3.8) is 0 Å². The van der Waals surface area contributed by atoms with Gasteiger partial charge in [-0.15, -0.1) is 0 Å². The standard InChI is InChI=1S/C19H23NO5/c1-20(17(21)13-25-15-8-6-5-7-9-15)12-14-10-11-16(22-2)19(24-4)18(14)23-3/h5-11H,12-13H2,1-4H3. The second-order valence-electron chi connectivity index (χ2n) is 5.34. The Morgan fingerprint density at radius 2 is 1.60 bits per heavy atom. The number of nitrogens with zero attached hydrogens (tertiary/aromatic N) is 1. The molecule has 2 aromatic carbocycles. The third-order valence-corrected chi connectivity index (χ3v) is 3.72. The first-order chi connectivity index (χ1) is 12.1. The molecule has 134 valence electrons. The molecule has 0 saturated carbocycles. The van der Waals surface area contributed by atoms with E-state index >= 15 is 0 Å². The summed E-state index contributed by atoms with van der Waals surface area (Å²) in [6.45, 7) is 0.330. The van der Waals surface area contributed by atoms with E-state index in [0.29, 0.717) is 29.5 Å². The summed E-state index contributed by atoms with van der Waals surface area (Å²) in [5, 5.41) is 0. The van der Waals surface area contributed by atoms with Crippen LogP contribution in [0, 0.1) is 0 Å². The van der Waals surface area contributed by atoms with E-state index in [4.69, 9.17) is 18.9 Å². The summed E-state index contributed by atoms with van der Waals surface area (Å²) in [5.74, 6) is 2.15. The molecule has 0 heterocycles. The van der Waals surface area contributed by atoms with Crippen LogP contribution in [-0.4, -0.2) is 45.8 Å². The lowest BCUT2D eigenvalue weighted by molar-refractivity contribution is -0.132. The maximum absolute atomic E-state index is 12.3. The number of amides is 1. The number of ether oxygens (including phenoxy) is 4. The molecule has 1 amide bonds. The molecule has 0 bridgehead atoms. The van der Waals surface area contributed by atoms with Gasteiger partial charge in [0.15, 0.2) is 18.1 Å². The van der Waals surface area contributed by atoms with E-state index in [1.165, 1.54) is 0 Å². The van der Waals surface area contributed by atoms with Gasteiger partial charge in [0.1, 0.15) is 5.75 Å². The van der Waals surface area contributed by atoms with E-state index in [-0.39, 0.29) is 12.5 Å². The van der Waals surface area contributed by atoms with E-state index in [1.807, 2.05) is 36.4 Å². The molecule has 0 spiro atoms. The van der Waals surface area contributed by atoms with Crippen molar-refractivity contribution >= 4 is 5.91 Å². The van der Waals surface area contributed by atoms with Crippen LogP contribution in [0.15, 0.2) is 42.5 Å². The van der Waals surface area contributed by atoms with E-state index < -0.39 is 0 Å². The quantitative estimate of drug-likeness (QED) is 0.736. The summed E-state index contributed by atoms with van der Waals surface area (Å²) in [4.78, 5) is 13.9. The van der Waals surface area contributed by atoms with E-state index in [0.717, 1.165) is 5.56 Å². The third-order valence-electron chi connectivity index (χ3n) is 3.72. The van der Waals surface area contributed by atoms with Gasteiger partial charge < -0.3 is 23.8 Å². The molecule has 0 radical (unpaired) electrons. The first kappa shape index (κ1) is 18.4. The highest BCUT2D eigenvalue weighted by molar-refractivity contribution is 5.77. The molecule has 0 saturated heterocycles. The van der Waals surface area contributed by atoms with E-state index in [2.05, 4.69) is 0 Å². The van der Waals surface area contributed by atoms with Gasteiger partial charge in [0.2, 0.25) is 5.75 Å². The number of methoxy groups -OCH3 is 3. The molecule has 25 heavy (non-hydrogen) atoms. The number of carbonyl (C=O) groups is 1. The van der Waals surface area contributed by atoms with Gasteiger partial charge in [-0.05, 0) is 24.3 Å². The Hall–Kier alpha value is -2.89. The van der Waals surface area contributed by atoms with Crippen molar-refractivity contribution in [2.24, 2.45) is 0 Å². The van der Waals surface area contributed by atoms with Crippen molar-refractivity contribution in [2.45, 2.75) is 6.54 Å². The molecular weight excluding hydrogens is 322 g/mol. The maximum atomic E-state index is 12.3. The summed E-state index contributed by atoms with van der Waals surface area (Å²) >= 11 is 0. The van der Waals surface area contributed by atoms with Gasteiger partial charge in [-0.2, -0.15) is 0 Å². The fraction of sp³-hybridized carbons (Fsp3) is 0.316. The molecule has 0 atom stereocenters. The summed E-state index contributed by atoms with van der Waals surface area (Å²) in [7, 11) is 6.38. The molecule has 0 aliphatic carbocycles. The number of hydrogen-bond donors (Lipinski definition) is 0. The highest BCUT2D eigenvalue weighted by atomic mass is 16.5. The lowest BCUT2D eigenvalue weighted by Gasteiger charge is -2.21. The smallest absolute Gasteiger partial charge is 0.260 e. The monoisotopic (exact) mass is 345 g/mol. The molecule has 6 heteroatoms. The molecule has 0 N–H and O–H groups in total. The minimum absolute atomic E-state index is 0.0316. The topological polar surface area (TPSA) is 57.2 Å². The highest BCUT2D eigenvalue weighted by Crippen LogP contribution is 2.40. The Morgan fingerprint density at radius 3 is 2.20 bits per heavy atom. The largest absolute Gasteiger partial charge is 0.493 e. The number of benzene rings is 2. The molecule has 0 aliphatic heterocycles. The van der Waals surface area contributed by atoms with Crippen molar-refractivity contribution in [3.05, 3.63) is 48.0 Å². The summed E-state index contributed by atoms with van der Waals surface area (Å²) in [5.41, 5.74) is 0.815. The molecule has 0 aromatic heterocycles. The van der Waals surface area contributed by atoms with Crippen LogP contribution in [0.2, 0.25) is 0 Å². The molecule has 0 unspecified atom stereocenters. The first-order valence-electron chi connectivity index (χ1n) is 7.80. The van der Waals surface area contributed by atoms with Crippen LogP contribution in [0.4, 0.5) is 0 Å². The summed E-state index contributed by atoms with van der Waals surface area (Å²) in [6.07, 6.45) is 0. The lowest BCUT2D eigenvalue weighted by Crippen LogP contribution is -2.31. The first-order valence-corrected chi connectivity index (χ1v) is 7.80. The van der Waals surface area contributed by atoms with Crippen LogP contribution in [0.3, 0.4) is 0 Å². The van der Waals surface area contributed by atoms with Gasteiger partial charge >= 0.3 is 0 Å². The Labute approximate surface area is 147 Å². The van der Waals surface area contributed by atoms with Crippen molar-refractivity contribution < 1.29 is 23.7 Å². The van der Waals surface area contributed by atoms with Crippen LogP contribution < -0.4 is 18.9 Å². The molecule has 2 aromatic rings. The Bertz CT molecular complexity index is 702. The average molecular weight is 345 g/mol. The van der Waals surface area contributed by atoms with Crippen LogP contribution in [-0.2, 0) is 11.3 Å². The van der Waals surface area contributed by atoms with Gasteiger partial charge in [-0.25, -0.2) is 0 Å². The predicted octanol–water partition coefficient (Wildman–Crippen LogP) is 2.75. The molecule has 6 nitrogen and oxygen atoms in total. The number of para-hydroxylation sites is 1. The van der Waals surface area contributed by atoms with Crippen molar-refractivity contribution in [2.75, 3.05) is 35.0 Å². The second kappa shape index (κ2) is 8.82. The molecule has 0 fully saturated rings. The van der Waals surface area contributed by atoms with Gasteiger partial charge in [-0.1, -0.05) is 18.2 Å². The zero-order valence-corrected chi connectivity index (χ0v) is 14.9. The second-order valence-corrected chi connectivity index (χ2v) is 5.34. The zero-order chi connectivity index (χ0) is 18.2. The normalized spacial score (nSPS) is 10.1. The fourth-order valence-corrected chi connectivity index (χ4v) is 2.40. The molecular formula is C19H23NO5. The van der Waals surface area contributed by atoms with Gasteiger partial charge in [0.05, 0.1) is 21.3 Å². The minimum Gasteiger partial charge on any atom is -0.493 e. The molecule has 2 rings (SSSR count). The van der Waals surface area contributed by atoms with E-state index in [9.17, 15) is 4.79 Å². The Kier molecular flexibility index (Phi) is 6.51. The van der Waals surface area contributed by atoms with Gasteiger partial charge in [0.25, 0.3) is 5.91 Å². The Balaban J connectivity index is 2.06. The number of likely N-dealkylation sites (N-methyl/N-ethyl adjacent to an activating group) is 1. The summed E-state index contributed by atoms with van der Waals surface area (Å²) in [6, 6.07) is 12.9. The SMILES string of the molecule is COc1ccc(CN(C)C(=O)COc2ccccc2)c(OC)c1OC. The number of rotatable bonds is 8. The predicted molar refractivity (Wildman–Crippen MR) is 94.5 cm³/mol. The lowest BCUT2D eigenvalue weighted by atomic mass is 10.1. The van der Waals surface area contributed by atoms with E-state index in [1.54, 1.807) is 39.3 Å². The van der Waals surface area contributed by atoms with Crippen LogP contribution in [0.25, 0.3) is 0 Å². The van der Waals surface area contributed by atoms with Crippen LogP contribution in [0.5, 0.6) is 23.0 Å². The molecule has 0 aliphatic rings. The van der Waals surface area contributed by atoms with Crippen molar-refractivity contribution in [1.82, 2.24) is 4.90 Å².